The average molecular weight is 1460 g/mol. The topological polar surface area (TPSA) is 370 Å². The van der Waals surface area contributed by atoms with Crippen LogP contribution >= 0.6 is 12.2 Å². The van der Waals surface area contributed by atoms with Crippen LogP contribution in [0.5, 0.6) is 11.5 Å². The van der Waals surface area contributed by atoms with E-state index in [-0.39, 0.29) is 92.0 Å². The van der Waals surface area contributed by atoms with Gasteiger partial charge in [0.05, 0.1) is 58.0 Å². The van der Waals surface area contributed by atoms with Gasteiger partial charge in [-0.3, -0.25) is 28.8 Å². The molecule has 7 aromatic rings. The van der Waals surface area contributed by atoms with Crippen molar-refractivity contribution in [3.05, 3.63) is 179 Å². The number of aliphatic hydroxyl groups excluding tert-OH is 1. The fraction of sp³-hybridized carbons (Fsp3) is 0.380. The van der Waals surface area contributed by atoms with E-state index in [0.717, 1.165) is 26.7 Å². The number of esters is 5. The third-order valence-corrected chi connectivity index (χ3v) is 20.9. The standard InChI is InChI=1S/C79H82N4O21S/c1-43-58(101-74(96)66(91)65(46-21-12-9-13-22-46)83-71(93)47-23-14-10-15-24-47)41-79(97)70(103-72(94)48-25-16-11-17-26-48)68-77(6,69(92)67(99-44(2)84)64(43)76(79,4)5)59(40-60-78(68,42-98-60)104-45(3)85)102-73(95)55-37-49(82-75(105)81-36-19-8-7-18-35-80-61(88)27-20-28-62(89)90)29-32-52(55)63-53-33-30-50(86)38-56(53)100-57-39-51(87)31-34-54(57)63/h9-17,21-26,29-34,37-39,58-60,65-68,70,91,97H,7-8,18-20,27-28,35-36,40-42H2,1-6H3,(H6-,80,81,82,83,86,87,88,89,90,93,105)/p+1/t58?,59-,60+,65?,66?,67+,68?,70?,77+,78-,79+/m0/s1. The Labute approximate surface area is 609 Å². The Morgan fingerprint density at radius 3 is 1.90 bits per heavy atom. The Kier molecular flexibility index (Phi) is 22.5. The summed E-state index contributed by atoms with van der Waals surface area (Å²) >= 11 is 5.80. The molecule has 2 saturated carbocycles. The van der Waals surface area contributed by atoms with Crippen molar-refractivity contribution in [1.29, 1.82) is 0 Å². The fourth-order valence-electron chi connectivity index (χ4n) is 15.4. The summed E-state index contributed by atoms with van der Waals surface area (Å²) in [5.74, 6) is -10.4. The number of hydrogen-bond donors (Lipinski definition) is 9. The molecule has 2 heterocycles. The molecule has 0 spiro atoms. The molecular weight excluding hydrogens is 1370 g/mol. The summed E-state index contributed by atoms with van der Waals surface area (Å²) in [6, 6.07) is 35.8. The first-order chi connectivity index (χ1) is 50.1. The first kappa shape index (κ1) is 75.5. The number of carbonyl (C=O) groups excluding carboxylic acids is 8. The summed E-state index contributed by atoms with van der Waals surface area (Å²) in [5.41, 5.74) is -7.68. The van der Waals surface area contributed by atoms with Gasteiger partial charge >= 0.3 is 47.0 Å². The molecule has 2 amide bonds. The molecule has 3 fully saturated rings. The van der Waals surface area contributed by atoms with Gasteiger partial charge in [0, 0.05) is 74.8 Å². The molecule has 2 bridgehead atoms. The number of anilines is 1. The molecule has 5 unspecified atom stereocenters. The summed E-state index contributed by atoms with van der Waals surface area (Å²) in [7, 11) is 0. The van der Waals surface area contributed by atoms with Crippen molar-refractivity contribution < 1.29 is 102 Å². The molecule has 9 N–H and O–H groups in total. The number of carboxylic acids is 1. The lowest BCUT2D eigenvalue weighted by molar-refractivity contribution is -0.345. The lowest BCUT2D eigenvalue weighted by Crippen LogP contribution is -2.82. The van der Waals surface area contributed by atoms with Crippen molar-refractivity contribution >= 4 is 98.4 Å². The Morgan fingerprint density at radius 1 is 0.695 bits per heavy atom. The zero-order valence-corrected chi connectivity index (χ0v) is 59.5. The molecule has 0 radical (unpaired) electrons. The maximum atomic E-state index is 17.1. The van der Waals surface area contributed by atoms with E-state index in [1.165, 1.54) is 70.2 Å². The molecule has 1 aliphatic heterocycles. The van der Waals surface area contributed by atoms with E-state index in [4.69, 9.17) is 50.2 Å². The molecule has 1 aromatic heterocycles. The van der Waals surface area contributed by atoms with Crippen molar-refractivity contribution in [2.75, 3.05) is 25.0 Å². The van der Waals surface area contributed by atoms with E-state index in [0.29, 0.717) is 47.8 Å². The van der Waals surface area contributed by atoms with Gasteiger partial charge in [-0.25, -0.2) is 18.8 Å². The number of fused-ring (bicyclic) bond motifs is 7. The van der Waals surface area contributed by atoms with Crippen LogP contribution in [-0.2, 0) is 57.2 Å². The molecule has 1 saturated heterocycles. The molecular formula is C79H83N4O21S+. The number of Topliss-reactive ketones (excluding diaryl/α,β-unsaturated/α-hetero) is 1. The number of ether oxygens (including phenoxy) is 6. The minimum absolute atomic E-state index is 0.0369. The van der Waals surface area contributed by atoms with Gasteiger partial charge in [-0.1, -0.05) is 99.5 Å². The van der Waals surface area contributed by atoms with Crippen molar-refractivity contribution in [3.63, 3.8) is 0 Å². The molecule has 26 heteroatoms. The molecule has 4 aliphatic rings. The Morgan fingerprint density at radius 2 is 1.30 bits per heavy atom. The lowest BCUT2D eigenvalue weighted by atomic mass is 9.44. The number of carbonyl (C=O) groups is 9. The smallest absolute Gasteiger partial charge is 0.365 e. The van der Waals surface area contributed by atoms with E-state index < -0.39 is 138 Å². The monoisotopic (exact) mass is 1460 g/mol. The number of thiocarbonyl (C=S) groups is 1. The highest BCUT2D eigenvalue weighted by Gasteiger charge is 2.79. The van der Waals surface area contributed by atoms with E-state index >= 15 is 14.4 Å². The number of nitrogens with one attached hydrogen (secondary N) is 4. The van der Waals surface area contributed by atoms with Gasteiger partial charge in [0.2, 0.25) is 5.91 Å². The number of aliphatic hydroxyl groups is 2. The number of phenolic OH excluding ortho intramolecular Hbond substituents is 2. The Bertz CT molecular complexity index is 4510. The zero-order chi connectivity index (χ0) is 75.3. The zero-order valence-electron chi connectivity index (χ0n) is 58.6. The van der Waals surface area contributed by atoms with Crippen LogP contribution in [0.15, 0.2) is 161 Å². The number of hydrogen-bond acceptors (Lipinski definition) is 20. The molecule has 11 atom stereocenters. The minimum atomic E-state index is -2.64. The van der Waals surface area contributed by atoms with Crippen molar-refractivity contribution in [2.24, 2.45) is 16.7 Å². The molecule has 3 aliphatic carbocycles. The number of aliphatic carboxylic acids is 1. The van der Waals surface area contributed by atoms with Gasteiger partial charge in [-0.05, 0) is 128 Å². The SMILES string of the molecule is CC(=O)O[C@H]1C(=O)[C@@]2(C)C(C(OC(=O)c3ccccc3)[C@]3(O)CC(OC(=O)C(O)C(NC(=O)c4ccccc4)c4ccccc4)C(C)=C1C3(C)C)[C@]1(OC(C)=O)CO[C@@H]1C[C@@H]2OC(=O)c1cc(NC(=S)NCCCCCCNC(=O)CCCC(=O)O)ccc1-c1c2ccc(O)cc2[o+]c2cc(O)ccc12. The van der Waals surface area contributed by atoms with Crippen molar-refractivity contribution in [3.8, 4) is 22.6 Å². The lowest BCUT2D eigenvalue weighted by Gasteiger charge is -2.67. The van der Waals surface area contributed by atoms with Gasteiger partial charge in [0.25, 0.3) is 5.91 Å². The minimum Gasteiger partial charge on any atom is -0.508 e. The first-order valence-corrected chi connectivity index (χ1v) is 35.1. The first-order valence-electron chi connectivity index (χ1n) is 34.7. The van der Waals surface area contributed by atoms with E-state index in [2.05, 4.69) is 21.3 Å². The van der Waals surface area contributed by atoms with Gasteiger partial charge in [0.15, 0.2) is 28.7 Å². The number of carboxylic acid groups (broad SMARTS) is 1. The highest BCUT2D eigenvalue weighted by Crippen LogP contribution is 2.65. The Hall–Kier alpha value is -10.7. The van der Waals surface area contributed by atoms with Gasteiger partial charge in [0.1, 0.15) is 41.5 Å². The van der Waals surface area contributed by atoms with Crippen LogP contribution in [0.2, 0.25) is 0 Å². The number of unbranched alkanes of at least 4 members (excludes halogenated alkanes) is 3. The molecule has 105 heavy (non-hydrogen) atoms. The fourth-order valence-corrected chi connectivity index (χ4v) is 15.6. The highest BCUT2D eigenvalue weighted by molar-refractivity contribution is 7.80. The van der Waals surface area contributed by atoms with Crippen LogP contribution in [0, 0.1) is 16.7 Å². The number of ketones is 1. The van der Waals surface area contributed by atoms with Gasteiger partial charge in [-0.2, -0.15) is 0 Å². The predicted octanol–water partition coefficient (Wildman–Crippen LogP) is 10.1. The van der Waals surface area contributed by atoms with Crippen molar-refractivity contribution in [1.82, 2.24) is 16.0 Å². The molecule has 550 valence electrons. The van der Waals surface area contributed by atoms with Crippen LogP contribution in [-0.4, -0.2) is 152 Å². The maximum absolute atomic E-state index is 17.1. The number of phenols is 2. The predicted molar refractivity (Wildman–Crippen MR) is 385 cm³/mol. The highest BCUT2D eigenvalue weighted by atomic mass is 32.1. The van der Waals surface area contributed by atoms with E-state index in [1.54, 1.807) is 103 Å². The largest absolute Gasteiger partial charge is 0.508 e. The van der Waals surface area contributed by atoms with Crippen molar-refractivity contribution in [2.45, 2.75) is 153 Å². The van der Waals surface area contributed by atoms with Crippen LogP contribution in [0.25, 0.3) is 33.1 Å². The number of rotatable bonds is 25. The normalized spacial score (nSPS) is 23.4. The van der Waals surface area contributed by atoms with Crippen LogP contribution in [0.4, 0.5) is 5.69 Å². The van der Waals surface area contributed by atoms with Gasteiger partial charge < -0.3 is 75.2 Å². The van der Waals surface area contributed by atoms with Gasteiger partial charge in [-0.15, -0.1) is 0 Å². The summed E-state index contributed by atoms with van der Waals surface area (Å²) in [4.78, 5) is 128. The summed E-state index contributed by atoms with van der Waals surface area (Å²) in [5, 5.41) is 70.1. The maximum Gasteiger partial charge on any atom is 0.365 e. The third kappa shape index (κ3) is 15.5. The van der Waals surface area contributed by atoms with E-state index in [1.807, 2.05) is 0 Å². The van der Waals surface area contributed by atoms with Crippen LogP contribution in [0.1, 0.15) is 142 Å². The second-order valence-corrected chi connectivity index (χ2v) is 28.1. The average Bonchev–Trinajstić information content (AvgIpc) is 0.667. The Balaban J connectivity index is 1.01. The molecule has 6 aromatic carbocycles. The third-order valence-electron chi connectivity index (χ3n) is 20.7. The number of benzene rings is 6. The second kappa shape index (κ2) is 31.3. The van der Waals surface area contributed by atoms with Crippen LogP contribution < -0.4 is 21.3 Å². The molecule has 11 rings (SSSR count). The summed E-state index contributed by atoms with van der Waals surface area (Å²) in [6.07, 6.45) is -9.02. The van der Waals surface area contributed by atoms with E-state index in [9.17, 15) is 49.2 Å². The van der Waals surface area contributed by atoms with Crippen LogP contribution in [0.3, 0.4) is 0 Å². The second-order valence-electron chi connectivity index (χ2n) is 27.7. The summed E-state index contributed by atoms with van der Waals surface area (Å²) in [6.45, 7) is 8.43. The number of amides is 2. The molecule has 25 nitrogen and oxygen atoms in total. The summed E-state index contributed by atoms with van der Waals surface area (Å²) < 4.78 is 45.2. The number of aromatic hydroxyl groups is 2. The quantitative estimate of drug-likeness (QED) is 0.00488.